The molecule has 0 bridgehead atoms. The fourth-order valence-electron chi connectivity index (χ4n) is 3.91. The summed E-state index contributed by atoms with van der Waals surface area (Å²) in [6.07, 6.45) is 7.73. The van der Waals surface area contributed by atoms with Gasteiger partial charge < -0.3 is 19.7 Å². The first-order chi connectivity index (χ1) is 13.7. The Hall–Kier alpha value is -1.89. The predicted octanol–water partition coefficient (Wildman–Crippen LogP) is 3.59. The zero-order chi connectivity index (χ0) is 19.8. The van der Waals surface area contributed by atoms with E-state index in [0.717, 1.165) is 56.5 Å². The van der Waals surface area contributed by atoms with Crippen molar-refractivity contribution in [3.05, 3.63) is 29.8 Å². The van der Waals surface area contributed by atoms with Crippen molar-refractivity contribution in [2.45, 2.75) is 44.6 Å². The molecule has 2 aliphatic rings. The molecule has 0 atom stereocenters. The van der Waals surface area contributed by atoms with Gasteiger partial charge in [0, 0.05) is 32.8 Å². The molecular formula is C21H31F2N3O2. The third-order valence-electron chi connectivity index (χ3n) is 5.54. The highest BCUT2D eigenvalue weighted by Gasteiger charge is 2.23. The topological polar surface area (TPSA) is 46.1 Å². The molecular weight excluding hydrogens is 364 g/mol. The van der Waals surface area contributed by atoms with Crippen LogP contribution in [0.3, 0.4) is 0 Å². The monoisotopic (exact) mass is 395 g/mol. The van der Waals surface area contributed by atoms with Crippen LogP contribution in [0.4, 0.5) is 8.78 Å². The lowest BCUT2D eigenvalue weighted by molar-refractivity contribution is 0.00100. The number of halogens is 2. The number of benzene rings is 1. The molecule has 0 amide bonds. The first-order valence-electron chi connectivity index (χ1n) is 10.3. The minimum atomic E-state index is -0.903. The summed E-state index contributed by atoms with van der Waals surface area (Å²) in [7, 11) is 1.77. The Bertz CT molecular complexity index is 643. The lowest BCUT2D eigenvalue weighted by atomic mass is 10.1. The van der Waals surface area contributed by atoms with Crippen LogP contribution in [0, 0.1) is 17.6 Å². The van der Waals surface area contributed by atoms with E-state index in [1.54, 1.807) is 7.05 Å². The number of hydrogen-bond donors (Lipinski definition) is 1. The summed E-state index contributed by atoms with van der Waals surface area (Å²) in [5, 5.41) is 3.27. The number of guanidine groups is 1. The zero-order valence-corrected chi connectivity index (χ0v) is 16.6. The molecule has 28 heavy (non-hydrogen) atoms. The van der Waals surface area contributed by atoms with Crippen LogP contribution >= 0.6 is 0 Å². The van der Waals surface area contributed by atoms with Crippen LogP contribution in [-0.4, -0.2) is 56.9 Å². The van der Waals surface area contributed by atoms with Crippen molar-refractivity contribution < 1.29 is 18.3 Å². The number of nitrogens with zero attached hydrogens (tertiary/aromatic N) is 2. The molecule has 0 spiro atoms. The fourth-order valence-corrected chi connectivity index (χ4v) is 3.91. The smallest absolute Gasteiger partial charge is 0.193 e. The summed E-state index contributed by atoms with van der Waals surface area (Å²) in [4.78, 5) is 6.57. The minimum absolute atomic E-state index is 0.316. The molecule has 1 aliphatic carbocycles. The standard InChI is InChI=1S/C21H31F2N3O2/c1-24-21(25-10-13-27-18-6-7-19(22)20(23)14-18)26-11-8-17(9-12-26)28-15-16-4-2-3-5-16/h6-7,14,16-17H,2-5,8-13,15H2,1H3,(H,24,25). The number of likely N-dealkylation sites (tertiary alicyclic amines) is 1. The zero-order valence-electron chi connectivity index (χ0n) is 16.6. The summed E-state index contributed by atoms with van der Waals surface area (Å²) < 4.78 is 37.7. The molecule has 1 aromatic rings. The number of rotatable bonds is 7. The molecule has 0 radical (unpaired) electrons. The minimum Gasteiger partial charge on any atom is -0.492 e. The Morgan fingerprint density at radius 3 is 2.57 bits per heavy atom. The van der Waals surface area contributed by atoms with E-state index >= 15 is 0 Å². The van der Waals surface area contributed by atoms with Gasteiger partial charge in [0.15, 0.2) is 17.6 Å². The van der Waals surface area contributed by atoms with E-state index in [4.69, 9.17) is 9.47 Å². The molecule has 1 heterocycles. The Balaban J connectivity index is 1.33. The third-order valence-corrected chi connectivity index (χ3v) is 5.54. The Kier molecular flexibility index (Phi) is 7.89. The first kappa shape index (κ1) is 20.8. The van der Waals surface area contributed by atoms with Crippen molar-refractivity contribution in [2.75, 3.05) is 39.9 Å². The second-order valence-electron chi connectivity index (χ2n) is 7.57. The van der Waals surface area contributed by atoms with Crippen molar-refractivity contribution in [2.24, 2.45) is 10.9 Å². The molecule has 0 aromatic heterocycles. The first-order valence-corrected chi connectivity index (χ1v) is 10.3. The molecule has 156 valence electrons. The van der Waals surface area contributed by atoms with Gasteiger partial charge in [-0.25, -0.2) is 8.78 Å². The van der Waals surface area contributed by atoms with Crippen molar-refractivity contribution in [1.82, 2.24) is 10.2 Å². The maximum atomic E-state index is 13.2. The van der Waals surface area contributed by atoms with Gasteiger partial charge in [-0.1, -0.05) is 12.8 Å². The van der Waals surface area contributed by atoms with Crippen LogP contribution in [0.1, 0.15) is 38.5 Å². The predicted molar refractivity (Wildman–Crippen MR) is 106 cm³/mol. The highest BCUT2D eigenvalue weighted by atomic mass is 19.2. The fraction of sp³-hybridized carbons (Fsp3) is 0.667. The molecule has 5 nitrogen and oxygen atoms in total. The number of hydrogen-bond acceptors (Lipinski definition) is 3. The van der Waals surface area contributed by atoms with E-state index in [9.17, 15) is 8.78 Å². The van der Waals surface area contributed by atoms with E-state index in [2.05, 4.69) is 15.2 Å². The number of nitrogens with one attached hydrogen (secondary N) is 1. The number of aliphatic imine (C=N–C) groups is 1. The summed E-state index contributed by atoms with van der Waals surface area (Å²) in [6.45, 7) is 3.62. The van der Waals surface area contributed by atoms with Crippen molar-refractivity contribution in [3.8, 4) is 5.75 Å². The van der Waals surface area contributed by atoms with Crippen LogP contribution in [0.2, 0.25) is 0 Å². The largest absolute Gasteiger partial charge is 0.492 e. The molecule has 1 saturated carbocycles. The van der Waals surface area contributed by atoms with Gasteiger partial charge in [-0.2, -0.15) is 0 Å². The van der Waals surface area contributed by atoms with Crippen molar-refractivity contribution in [1.29, 1.82) is 0 Å². The quantitative estimate of drug-likeness (QED) is 0.435. The van der Waals surface area contributed by atoms with Gasteiger partial charge in [-0.3, -0.25) is 4.99 Å². The number of ether oxygens (including phenoxy) is 2. The maximum absolute atomic E-state index is 13.2. The van der Waals surface area contributed by atoms with Crippen LogP contribution in [-0.2, 0) is 4.74 Å². The van der Waals surface area contributed by atoms with Crippen LogP contribution < -0.4 is 10.1 Å². The van der Waals surface area contributed by atoms with Gasteiger partial charge in [0.1, 0.15) is 12.4 Å². The lowest BCUT2D eigenvalue weighted by Gasteiger charge is -2.34. The van der Waals surface area contributed by atoms with E-state index < -0.39 is 11.6 Å². The molecule has 0 unspecified atom stereocenters. The normalized spacial score (nSPS) is 19.2. The highest BCUT2D eigenvalue weighted by Crippen LogP contribution is 2.26. The maximum Gasteiger partial charge on any atom is 0.193 e. The Morgan fingerprint density at radius 1 is 1.14 bits per heavy atom. The van der Waals surface area contributed by atoms with E-state index in [-0.39, 0.29) is 0 Å². The van der Waals surface area contributed by atoms with Gasteiger partial charge >= 0.3 is 0 Å². The molecule has 7 heteroatoms. The summed E-state index contributed by atoms with van der Waals surface area (Å²) in [5.41, 5.74) is 0. The van der Waals surface area contributed by atoms with Crippen LogP contribution in [0.15, 0.2) is 23.2 Å². The SMILES string of the molecule is CN=C(NCCOc1ccc(F)c(F)c1)N1CCC(OCC2CCCC2)CC1. The van der Waals surface area contributed by atoms with Gasteiger partial charge in [0.25, 0.3) is 0 Å². The summed E-state index contributed by atoms with van der Waals surface area (Å²) in [6, 6.07) is 3.54. The third kappa shape index (κ3) is 6.06. The molecule has 1 saturated heterocycles. The Morgan fingerprint density at radius 2 is 1.89 bits per heavy atom. The molecule has 3 rings (SSSR count). The molecule has 1 aliphatic heterocycles. The van der Waals surface area contributed by atoms with Gasteiger partial charge in [0.05, 0.1) is 12.6 Å². The summed E-state index contributed by atoms with van der Waals surface area (Å²) >= 11 is 0. The second-order valence-corrected chi connectivity index (χ2v) is 7.57. The van der Waals surface area contributed by atoms with Gasteiger partial charge in [-0.15, -0.1) is 0 Å². The Labute approximate surface area is 166 Å². The second kappa shape index (κ2) is 10.6. The van der Waals surface area contributed by atoms with Crippen LogP contribution in [0.25, 0.3) is 0 Å². The average molecular weight is 395 g/mol. The van der Waals surface area contributed by atoms with Gasteiger partial charge in [0.2, 0.25) is 0 Å². The summed E-state index contributed by atoms with van der Waals surface area (Å²) in [5.74, 6) is 0.141. The molecule has 1 aromatic carbocycles. The highest BCUT2D eigenvalue weighted by molar-refractivity contribution is 5.79. The van der Waals surface area contributed by atoms with E-state index in [1.807, 2.05) is 0 Å². The van der Waals surface area contributed by atoms with E-state index in [0.29, 0.717) is 25.0 Å². The van der Waals surface area contributed by atoms with E-state index in [1.165, 1.54) is 31.7 Å². The molecule has 2 fully saturated rings. The average Bonchev–Trinajstić information content (AvgIpc) is 3.23. The number of piperidine rings is 1. The van der Waals surface area contributed by atoms with Crippen LogP contribution in [0.5, 0.6) is 5.75 Å². The van der Waals surface area contributed by atoms with Gasteiger partial charge in [-0.05, 0) is 43.7 Å². The van der Waals surface area contributed by atoms with Crippen molar-refractivity contribution in [3.63, 3.8) is 0 Å². The van der Waals surface area contributed by atoms with Crippen molar-refractivity contribution >= 4 is 5.96 Å². The molecule has 1 N–H and O–H groups in total. The lowest BCUT2D eigenvalue weighted by Crippen LogP contribution is -2.47.